The number of nitroso groups, excluding NO2 is 1. The van der Waals surface area contributed by atoms with Gasteiger partial charge in [0, 0.05) is 0 Å². The lowest BCUT2D eigenvalue weighted by Gasteiger charge is -2.03. The lowest BCUT2D eigenvalue weighted by Crippen LogP contribution is -1.88. The molecule has 70 valence electrons. The highest BCUT2D eigenvalue weighted by atomic mass is 16.3. The van der Waals surface area contributed by atoms with Crippen LogP contribution in [-0.2, 0) is 6.42 Å². The molecule has 3 N–H and O–H groups in total. The van der Waals surface area contributed by atoms with Crippen molar-refractivity contribution in [2.75, 3.05) is 6.54 Å². The van der Waals surface area contributed by atoms with Gasteiger partial charge in [0.1, 0.15) is 0 Å². The third-order valence-corrected chi connectivity index (χ3v) is 1.62. The molecule has 0 spiro atoms. The molecule has 5 heteroatoms. The molecule has 0 aliphatic carbocycles. The zero-order chi connectivity index (χ0) is 9.84. The molecule has 0 heterocycles. The topological polar surface area (TPSA) is 90.1 Å². The average molecular weight is 183 g/mol. The van der Waals surface area contributed by atoms with E-state index in [2.05, 4.69) is 5.18 Å². The Morgan fingerprint density at radius 3 is 2.15 bits per heavy atom. The Bertz CT molecular complexity index is 301. The molecule has 5 nitrogen and oxygen atoms in total. The minimum absolute atomic E-state index is 0.0731. The normalized spacial score (nSPS) is 9.85. The second-order valence-corrected chi connectivity index (χ2v) is 2.59. The first-order valence-corrected chi connectivity index (χ1v) is 3.68. The summed E-state index contributed by atoms with van der Waals surface area (Å²) in [7, 11) is 0. The zero-order valence-electron chi connectivity index (χ0n) is 6.77. The van der Waals surface area contributed by atoms with E-state index in [-0.39, 0.29) is 6.54 Å². The van der Waals surface area contributed by atoms with Crippen LogP contribution in [0.4, 0.5) is 0 Å². The number of phenols is 3. The fraction of sp³-hybridized carbons (Fsp3) is 0.250. The van der Waals surface area contributed by atoms with Gasteiger partial charge in [-0.05, 0) is 24.1 Å². The monoisotopic (exact) mass is 183 g/mol. The van der Waals surface area contributed by atoms with Crippen LogP contribution in [0.2, 0.25) is 0 Å². The zero-order valence-corrected chi connectivity index (χ0v) is 6.77. The van der Waals surface area contributed by atoms with Crippen LogP contribution in [0.1, 0.15) is 5.56 Å². The Hall–Kier alpha value is -1.78. The smallest absolute Gasteiger partial charge is 0.200 e. The van der Waals surface area contributed by atoms with Gasteiger partial charge in [0.05, 0.1) is 6.54 Å². The first-order valence-electron chi connectivity index (χ1n) is 3.68. The maximum absolute atomic E-state index is 9.79. The number of rotatable bonds is 3. The Balaban J connectivity index is 2.92. The van der Waals surface area contributed by atoms with Crippen molar-refractivity contribution in [2.45, 2.75) is 6.42 Å². The lowest BCUT2D eigenvalue weighted by molar-refractivity contribution is 0.367. The summed E-state index contributed by atoms with van der Waals surface area (Å²) in [5.41, 5.74) is 0.549. The molecular weight excluding hydrogens is 174 g/mol. The lowest BCUT2D eigenvalue weighted by atomic mass is 10.1. The largest absolute Gasteiger partial charge is 0.504 e. The average Bonchev–Trinajstić information content (AvgIpc) is 2.10. The van der Waals surface area contributed by atoms with Crippen LogP contribution in [0.15, 0.2) is 17.3 Å². The van der Waals surface area contributed by atoms with Gasteiger partial charge < -0.3 is 15.3 Å². The Labute approximate surface area is 74.2 Å². The molecule has 0 amide bonds. The third-order valence-electron chi connectivity index (χ3n) is 1.62. The van der Waals surface area contributed by atoms with Crippen molar-refractivity contribution in [2.24, 2.45) is 5.18 Å². The molecule has 0 saturated carbocycles. The molecule has 0 unspecified atom stereocenters. The summed E-state index contributed by atoms with van der Waals surface area (Å²) in [6, 6.07) is 2.56. The minimum Gasteiger partial charge on any atom is -0.504 e. The summed E-state index contributed by atoms with van der Waals surface area (Å²) in [5, 5.41) is 29.7. The Kier molecular flexibility index (Phi) is 2.69. The summed E-state index contributed by atoms with van der Waals surface area (Å²) < 4.78 is 0. The van der Waals surface area contributed by atoms with E-state index in [1.54, 1.807) is 0 Å². The summed E-state index contributed by atoms with van der Waals surface area (Å²) in [6.45, 7) is 0.0731. The molecule has 0 aliphatic rings. The quantitative estimate of drug-likeness (QED) is 0.483. The van der Waals surface area contributed by atoms with E-state index in [0.29, 0.717) is 12.0 Å². The molecule has 0 saturated heterocycles. The molecule has 1 aromatic carbocycles. The van der Waals surface area contributed by atoms with Gasteiger partial charge in [-0.25, -0.2) is 0 Å². The molecule has 1 rings (SSSR count). The van der Waals surface area contributed by atoms with Gasteiger partial charge in [-0.2, -0.15) is 4.91 Å². The predicted octanol–water partition coefficient (Wildman–Crippen LogP) is 1.11. The number of hydrogen-bond donors (Lipinski definition) is 3. The molecule has 0 fully saturated rings. The van der Waals surface area contributed by atoms with Crippen molar-refractivity contribution in [1.29, 1.82) is 0 Å². The number of phenolic OH excluding ortho intramolecular Hbond substituents is 3. The molecular formula is C8H9NO4. The summed E-state index contributed by atoms with van der Waals surface area (Å²) in [4.78, 5) is 9.79. The van der Waals surface area contributed by atoms with Crippen molar-refractivity contribution in [1.82, 2.24) is 0 Å². The Morgan fingerprint density at radius 1 is 1.15 bits per heavy atom. The SMILES string of the molecule is O=NCCc1cc(O)c(O)c(O)c1. The number of aromatic hydroxyl groups is 3. The van der Waals surface area contributed by atoms with Crippen molar-refractivity contribution in [3.8, 4) is 17.2 Å². The first-order chi connectivity index (χ1) is 6.15. The standard InChI is InChI=1S/C8H9NO4/c10-6-3-5(1-2-9-13)4-7(11)8(6)12/h3-4,10-12H,1-2H2. The van der Waals surface area contributed by atoms with E-state index in [4.69, 9.17) is 15.3 Å². The van der Waals surface area contributed by atoms with Crippen molar-refractivity contribution < 1.29 is 15.3 Å². The third kappa shape index (κ3) is 2.08. The summed E-state index contributed by atoms with van der Waals surface area (Å²) in [6.07, 6.45) is 0.324. The number of benzene rings is 1. The fourth-order valence-electron chi connectivity index (χ4n) is 0.980. The van der Waals surface area contributed by atoms with Crippen LogP contribution in [-0.4, -0.2) is 21.9 Å². The molecule has 0 atom stereocenters. The second kappa shape index (κ2) is 3.75. The first kappa shape index (κ1) is 9.31. The highest BCUT2D eigenvalue weighted by Crippen LogP contribution is 2.35. The maximum Gasteiger partial charge on any atom is 0.200 e. The highest BCUT2D eigenvalue weighted by molar-refractivity contribution is 5.51. The van der Waals surface area contributed by atoms with E-state index >= 15 is 0 Å². The molecule has 0 bridgehead atoms. The number of nitrogens with zero attached hydrogens (tertiary/aromatic N) is 1. The van der Waals surface area contributed by atoms with Gasteiger partial charge in [0.2, 0.25) is 0 Å². The minimum atomic E-state index is -0.553. The summed E-state index contributed by atoms with van der Waals surface area (Å²) >= 11 is 0. The second-order valence-electron chi connectivity index (χ2n) is 2.59. The van der Waals surface area contributed by atoms with Crippen LogP contribution in [0, 0.1) is 4.91 Å². The fourth-order valence-corrected chi connectivity index (χ4v) is 0.980. The van der Waals surface area contributed by atoms with Gasteiger partial charge in [0.25, 0.3) is 0 Å². The van der Waals surface area contributed by atoms with Gasteiger partial charge in [-0.15, -0.1) is 0 Å². The van der Waals surface area contributed by atoms with Crippen LogP contribution in [0.3, 0.4) is 0 Å². The molecule has 1 aromatic rings. The van der Waals surface area contributed by atoms with Gasteiger partial charge in [0.15, 0.2) is 17.2 Å². The van der Waals surface area contributed by atoms with Gasteiger partial charge in [-0.1, -0.05) is 5.18 Å². The van der Waals surface area contributed by atoms with Gasteiger partial charge in [-0.3, -0.25) is 0 Å². The predicted molar refractivity (Wildman–Crippen MR) is 45.8 cm³/mol. The van der Waals surface area contributed by atoms with Gasteiger partial charge >= 0.3 is 0 Å². The maximum atomic E-state index is 9.79. The van der Waals surface area contributed by atoms with Crippen molar-refractivity contribution in [3.63, 3.8) is 0 Å². The van der Waals surface area contributed by atoms with E-state index in [1.165, 1.54) is 12.1 Å². The van der Waals surface area contributed by atoms with E-state index < -0.39 is 17.2 Å². The number of hydrogen-bond acceptors (Lipinski definition) is 5. The Morgan fingerprint density at radius 2 is 1.69 bits per heavy atom. The van der Waals surface area contributed by atoms with Crippen LogP contribution in [0.25, 0.3) is 0 Å². The highest BCUT2D eigenvalue weighted by Gasteiger charge is 2.07. The molecule has 0 aromatic heterocycles. The molecule has 0 radical (unpaired) electrons. The summed E-state index contributed by atoms with van der Waals surface area (Å²) in [5.74, 6) is -1.36. The van der Waals surface area contributed by atoms with Crippen LogP contribution in [0.5, 0.6) is 17.2 Å². The van der Waals surface area contributed by atoms with Crippen LogP contribution >= 0.6 is 0 Å². The van der Waals surface area contributed by atoms with Crippen molar-refractivity contribution >= 4 is 0 Å². The van der Waals surface area contributed by atoms with E-state index in [1.807, 2.05) is 0 Å². The molecule has 0 aliphatic heterocycles. The van der Waals surface area contributed by atoms with Crippen LogP contribution < -0.4 is 0 Å². The van der Waals surface area contributed by atoms with E-state index in [9.17, 15) is 4.91 Å². The molecule has 13 heavy (non-hydrogen) atoms. The van der Waals surface area contributed by atoms with E-state index in [0.717, 1.165) is 0 Å². The van der Waals surface area contributed by atoms with Crippen molar-refractivity contribution in [3.05, 3.63) is 22.6 Å².